The van der Waals surface area contributed by atoms with Crippen molar-refractivity contribution in [3.8, 4) is 0 Å². The van der Waals surface area contributed by atoms with Gasteiger partial charge in [0.25, 0.3) is 17.4 Å². The molecule has 0 radical (unpaired) electrons. The molecule has 3 rings (SSSR count). The number of hydrogen-bond acceptors (Lipinski definition) is 3. The third-order valence-corrected chi connectivity index (χ3v) is 4.72. The van der Waals surface area contributed by atoms with Crippen LogP contribution in [-0.4, -0.2) is 34.3 Å². The number of benzene rings is 1. The minimum Gasteiger partial charge on any atom is -0.349 e. The second kappa shape index (κ2) is 7.99. The lowest BCUT2D eigenvalue weighted by Crippen LogP contribution is -2.40. The first-order valence-corrected chi connectivity index (χ1v) is 8.95. The fraction of sp³-hybridized carbons (Fsp3) is 0.350. The van der Waals surface area contributed by atoms with Crippen molar-refractivity contribution in [1.29, 1.82) is 0 Å². The summed E-state index contributed by atoms with van der Waals surface area (Å²) in [4.78, 5) is 41.4. The van der Waals surface area contributed by atoms with Gasteiger partial charge >= 0.3 is 0 Å². The molecule has 1 saturated carbocycles. The molecule has 0 unspecified atom stereocenters. The van der Waals surface area contributed by atoms with E-state index in [9.17, 15) is 14.4 Å². The molecule has 0 atom stereocenters. The SMILES string of the molecule is CCN(Cc1ccccc1)C(=O)c1cc(C(=O)NC2CCC2)c[nH]c1=O. The third-order valence-electron chi connectivity index (χ3n) is 4.72. The maximum atomic E-state index is 12.8. The molecule has 1 heterocycles. The van der Waals surface area contributed by atoms with Crippen LogP contribution in [0, 0.1) is 0 Å². The van der Waals surface area contributed by atoms with E-state index < -0.39 is 5.56 Å². The Kier molecular flexibility index (Phi) is 5.51. The Labute approximate surface area is 152 Å². The molecule has 1 aromatic heterocycles. The monoisotopic (exact) mass is 353 g/mol. The molecule has 0 saturated heterocycles. The number of nitrogens with zero attached hydrogens (tertiary/aromatic N) is 1. The maximum Gasteiger partial charge on any atom is 0.260 e. The smallest absolute Gasteiger partial charge is 0.260 e. The molecule has 0 aliphatic heterocycles. The van der Waals surface area contributed by atoms with E-state index in [0.29, 0.717) is 18.7 Å². The molecule has 6 nitrogen and oxygen atoms in total. The van der Waals surface area contributed by atoms with Crippen LogP contribution >= 0.6 is 0 Å². The molecular formula is C20H23N3O3. The second-order valence-electron chi connectivity index (χ2n) is 6.54. The van der Waals surface area contributed by atoms with Crippen LogP contribution in [0.2, 0.25) is 0 Å². The maximum absolute atomic E-state index is 12.8. The number of carbonyl (C=O) groups excluding carboxylic acids is 2. The van der Waals surface area contributed by atoms with Gasteiger partial charge in [0.15, 0.2) is 0 Å². The zero-order chi connectivity index (χ0) is 18.5. The van der Waals surface area contributed by atoms with Gasteiger partial charge in [-0.25, -0.2) is 0 Å². The Morgan fingerprint density at radius 1 is 1.23 bits per heavy atom. The molecule has 6 heteroatoms. The highest BCUT2D eigenvalue weighted by Crippen LogP contribution is 2.18. The van der Waals surface area contributed by atoms with Crippen LogP contribution in [0.15, 0.2) is 47.4 Å². The summed E-state index contributed by atoms with van der Waals surface area (Å²) in [5.74, 6) is -0.637. The summed E-state index contributed by atoms with van der Waals surface area (Å²) >= 11 is 0. The lowest BCUT2D eigenvalue weighted by Gasteiger charge is -2.26. The number of nitrogens with one attached hydrogen (secondary N) is 2. The van der Waals surface area contributed by atoms with Crippen molar-refractivity contribution in [2.24, 2.45) is 0 Å². The van der Waals surface area contributed by atoms with Crippen molar-refractivity contribution in [3.05, 3.63) is 69.6 Å². The standard InChI is InChI=1S/C20H23N3O3/c1-2-23(13-14-7-4-3-5-8-14)20(26)17-11-15(12-21-19(17)25)18(24)22-16-9-6-10-16/h3-5,7-8,11-12,16H,2,6,9-10,13H2,1H3,(H,21,25)(H,22,24). The van der Waals surface area contributed by atoms with Gasteiger partial charge in [0.05, 0.1) is 5.56 Å². The quantitative estimate of drug-likeness (QED) is 0.836. The van der Waals surface area contributed by atoms with Crippen LogP contribution in [-0.2, 0) is 6.54 Å². The van der Waals surface area contributed by atoms with Gasteiger partial charge in [-0.05, 0) is 37.8 Å². The molecule has 1 fully saturated rings. The van der Waals surface area contributed by atoms with Crippen LogP contribution in [0.5, 0.6) is 0 Å². The number of H-pyrrole nitrogens is 1. The van der Waals surface area contributed by atoms with Gasteiger partial charge < -0.3 is 15.2 Å². The molecule has 136 valence electrons. The van der Waals surface area contributed by atoms with E-state index in [2.05, 4.69) is 10.3 Å². The van der Waals surface area contributed by atoms with E-state index in [1.54, 1.807) is 4.90 Å². The van der Waals surface area contributed by atoms with Crippen molar-refractivity contribution >= 4 is 11.8 Å². The van der Waals surface area contributed by atoms with Crippen LogP contribution in [0.1, 0.15) is 52.5 Å². The number of rotatable bonds is 6. The van der Waals surface area contributed by atoms with Gasteiger partial charge in [-0.1, -0.05) is 30.3 Å². The lowest BCUT2D eigenvalue weighted by molar-refractivity contribution is 0.0750. The Balaban J connectivity index is 1.79. The minimum atomic E-state index is -0.485. The van der Waals surface area contributed by atoms with Crippen molar-refractivity contribution in [2.75, 3.05) is 6.54 Å². The zero-order valence-electron chi connectivity index (χ0n) is 14.8. The first-order valence-electron chi connectivity index (χ1n) is 8.95. The lowest BCUT2D eigenvalue weighted by atomic mass is 9.93. The average molecular weight is 353 g/mol. The van der Waals surface area contributed by atoms with Crippen LogP contribution in [0.4, 0.5) is 0 Å². The van der Waals surface area contributed by atoms with Gasteiger partial charge in [-0.3, -0.25) is 14.4 Å². The number of hydrogen-bond donors (Lipinski definition) is 2. The molecule has 1 aliphatic rings. The van der Waals surface area contributed by atoms with E-state index in [1.807, 2.05) is 37.3 Å². The van der Waals surface area contributed by atoms with Crippen molar-refractivity contribution in [3.63, 3.8) is 0 Å². The predicted molar refractivity (Wildman–Crippen MR) is 99.0 cm³/mol. The summed E-state index contributed by atoms with van der Waals surface area (Å²) < 4.78 is 0. The first kappa shape index (κ1) is 17.9. The summed E-state index contributed by atoms with van der Waals surface area (Å²) in [6.45, 7) is 2.74. The molecular weight excluding hydrogens is 330 g/mol. The van der Waals surface area contributed by atoms with Crippen molar-refractivity contribution in [1.82, 2.24) is 15.2 Å². The van der Waals surface area contributed by atoms with Crippen molar-refractivity contribution < 1.29 is 9.59 Å². The largest absolute Gasteiger partial charge is 0.349 e. The summed E-state index contributed by atoms with van der Waals surface area (Å²) in [5.41, 5.74) is 0.791. The molecule has 26 heavy (non-hydrogen) atoms. The van der Waals surface area contributed by atoms with Gasteiger partial charge in [-0.2, -0.15) is 0 Å². The van der Waals surface area contributed by atoms with Crippen LogP contribution in [0.3, 0.4) is 0 Å². The van der Waals surface area contributed by atoms with Crippen LogP contribution in [0.25, 0.3) is 0 Å². The number of aromatic amines is 1. The summed E-state index contributed by atoms with van der Waals surface area (Å²) in [5, 5.41) is 2.92. The van der Waals surface area contributed by atoms with Gasteiger partial charge in [0.2, 0.25) is 0 Å². The van der Waals surface area contributed by atoms with E-state index in [1.165, 1.54) is 12.3 Å². The Morgan fingerprint density at radius 3 is 2.58 bits per heavy atom. The number of aromatic nitrogens is 1. The van der Waals surface area contributed by atoms with Crippen LogP contribution < -0.4 is 10.9 Å². The summed E-state index contributed by atoms with van der Waals surface area (Å²) in [6.07, 6.45) is 4.43. The average Bonchev–Trinajstić information content (AvgIpc) is 2.63. The van der Waals surface area contributed by atoms with Crippen molar-refractivity contribution in [2.45, 2.75) is 38.8 Å². The summed E-state index contributed by atoms with van der Waals surface area (Å²) in [7, 11) is 0. The van der Waals surface area contributed by atoms with Gasteiger partial charge in [0, 0.05) is 25.3 Å². The van der Waals surface area contributed by atoms with E-state index in [0.717, 1.165) is 24.8 Å². The predicted octanol–water partition coefficient (Wildman–Crippen LogP) is 2.32. The third kappa shape index (κ3) is 4.02. The zero-order valence-corrected chi connectivity index (χ0v) is 14.8. The minimum absolute atomic E-state index is 0.0101. The van der Waals surface area contributed by atoms with E-state index in [4.69, 9.17) is 0 Å². The van der Waals surface area contributed by atoms with E-state index >= 15 is 0 Å². The topological polar surface area (TPSA) is 82.3 Å². The van der Waals surface area contributed by atoms with E-state index in [-0.39, 0.29) is 23.4 Å². The molecule has 2 amide bonds. The Morgan fingerprint density at radius 2 is 1.96 bits per heavy atom. The molecule has 2 N–H and O–H groups in total. The van der Waals surface area contributed by atoms with Gasteiger partial charge in [0.1, 0.15) is 5.56 Å². The highest BCUT2D eigenvalue weighted by molar-refractivity contribution is 5.99. The molecule has 1 aliphatic carbocycles. The Bertz CT molecular complexity index is 841. The number of amides is 2. The molecule has 0 spiro atoms. The summed E-state index contributed by atoms with van der Waals surface area (Å²) in [6, 6.07) is 11.2. The highest BCUT2D eigenvalue weighted by atomic mass is 16.2. The fourth-order valence-electron chi connectivity index (χ4n) is 2.90. The molecule has 1 aromatic carbocycles. The number of carbonyl (C=O) groups is 2. The molecule has 2 aromatic rings. The molecule has 0 bridgehead atoms. The normalized spacial score (nSPS) is 13.7. The first-order chi connectivity index (χ1) is 12.6. The number of pyridine rings is 1. The highest BCUT2D eigenvalue weighted by Gasteiger charge is 2.23. The Hall–Kier alpha value is -2.89. The fourth-order valence-corrected chi connectivity index (χ4v) is 2.90. The van der Waals surface area contributed by atoms with Gasteiger partial charge in [-0.15, -0.1) is 0 Å². The second-order valence-corrected chi connectivity index (χ2v) is 6.54.